The van der Waals surface area contributed by atoms with Crippen molar-refractivity contribution in [2.75, 3.05) is 13.1 Å². The van der Waals surface area contributed by atoms with Crippen LogP contribution in [0.2, 0.25) is 0 Å². The summed E-state index contributed by atoms with van der Waals surface area (Å²) in [6, 6.07) is 7.58. The minimum absolute atomic E-state index is 0.0251. The third kappa shape index (κ3) is 6.20. The molecule has 7 heteroatoms. The number of aliphatic hydroxyl groups is 1. The molecule has 2 rings (SSSR count). The van der Waals surface area contributed by atoms with Crippen molar-refractivity contribution in [1.29, 1.82) is 0 Å². The molecule has 0 radical (unpaired) electrons. The number of guanidine groups is 1. The van der Waals surface area contributed by atoms with E-state index in [0.29, 0.717) is 25.3 Å². The zero-order valence-electron chi connectivity index (χ0n) is 15.3. The van der Waals surface area contributed by atoms with Gasteiger partial charge in [0.15, 0.2) is 5.96 Å². The molecule has 1 fully saturated rings. The largest absolute Gasteiger partial charge is 0.391 e. The molecule has 0 bridgehead atoms. The molecule has 0 aromatic heterocycles. The maximum absolute atomic E-state index is 12.8. The number of nitrogens with one attached hydrogen (secondary N) is 2. The fourth-order valence-electron chi connectivity index (χ4n) is 3.15. The van der Waals surface area contributed by atoms with Gasteiger partial charge < -0.3 is 15.7 Å². The van der Waals surface area contributed by atoms with Gasteiger partial charge in [-0.1, -0.05) is 29.8 Å². The fraction of sp³-hybridized carbons (Fsp3) is 0.632. The molecule has 0 heterocycles. The normalized spacial score (nSPS) is 22.8. The van der Waals surface area contributed by atoms with Crippen LogP contribution in [0, 0.1) is 12.8 Å². The van der Waals surface area contributed by atoms with Gasteiger partial charge >= 0.3 is 6.18 Å². The van der Waals surface area contributed by atoms with Crippen molar-refractivity contribution in [3.8, 4) is 0 Å². The molecule has 0 aliphatic heterocycles. The number of alkyl halides is 3. The number of benzene rings is 1. The lowest BCUT2D eigenvalue weighted by Gasteiger charge is -2.31. The molecule has 4 nitrogen and oxygen atoms in total. The van der Waals surface area contributed by atoms with E-state index in [1.165, 1.54) is 0 Å². The minimum atomic E-state index is -4.10. The van der Waals surface area contributed by atoms with Crippen molar-refractivity contribution in [3.05, 3.63) is 35.4 Å². The number of aliphatic hydroxyl groups excluding tert-OH is 1. The second kappa shape index (κ2) is 9.26. The van der Waals surface area contributed by atoms with E-state index < -0.39 is 18.2 Å². The summed E-state index contributed by atoms with van der Waals surface area (Å²) in [6.45, 7) is 4.74. The van der Waals surface area contributed by atoms with Crippen LogP contribution in [-0.2, 0) is 0 Å². The predicted molar refractivity (Wildman–Crippen MR) is 97.1 cm³/mol. The average molecular weight is 371 g/mol. The van der Waals surface area contributed by atoms with Crippen molar-refractivity contribution in [2.45, 2.75) is 57.9 Å². The van der Waals surface area contributed by atoms with E-state index in [1.54, 1.807) is 0 Å². The predicted octanol–water partition coefficient (Wildman–Crippen LogP) is 3.70. The van der Waals surface area contributed by atoms with E-state index in [-0.39, 0.29) is 25.4 Å². The SMILES string of the molecule is CCNC(=NCC(O)c1ccc(C)cc1)NC1CCC(C(F)(F)F)CC1. The number of nitrogens with zero attached hydrogens (tertiary/aromatic N) is 1. The van der Waals surface area contributed by atoms with Crippen molar-refractivity contribution < 1.29 is 18.3 Å². The highest BCUT2D eigenvalue weighted by Gasteiger charge is 2.41. The van der Waals surface area contributed by atoms with Crippen molar-refractivity contribution in [3.63, 3.8) is 0 Å². The zero-order chi connectivity index (χ0) is 19.2. The Hall–Kier alpha value is -1.76. The summed E-state index contributed by atoms with van der Waals surface area (Å²) in [5, 5.41) is 16.6. The molecule has 26 heavy (non-hydrogen) atoms. The van der Waals surface area contributed by atoms with Crippen LogP contribution in [0.4, 0.5) is 13.2 Å². The Balaban J connectivity index is 1.89. The molecule has 3 N–H and O–H groups in total. The average Bonchev–Trinajstić information content (AvgIpc) is 2.60. The Morgan fingerprint density at radius 3 is 2.35 bits per heavy atom. The molecule has 1 aliphatic carbocycles. The minimum Gasteiger partial charge on any atom is -0.386 e. The van der Waals surface area contributed by atoms with E-state index in [1.807, 2.05) is 38.1 Å². The topological polar surface area (TPSA) is 56.7 Å². The Bertz CT molecular complexity index is 579. The van der Waals surface area contributed by atoms with Gasteiger partial charge in [-0.05, 0) is 45.1 Å². The lowest BCUT2D eigenvalue weighted by atomic mass is 9.85. The number of hydrogen-bond acceptors (Lipinski definition) is 2. The molecule has 1 unspecified atom stereocenters. The van der Waals surface area contributed by atoms with E-state index in [2.05, 4.69) is 15.6 Å². The first-order valence-corrected chi connectivity index (χ1v) is 9.15. The third-order valence-electron chi connectivity index (χ3n) is 4.76. The van der Waals surface area contributed by atoms with Gasteiger partial charge in [-0.25, -0.2) is 0 Å². The quantitative estimate of drug-likeness (QED) is 0.546. The van der Waals surface area contributed by atoms with Crippen LogP contribution in [0.5, 0.6) is 0 Å². The van der Waals surface area contributed by atoms with Crippen LogP contribution in [0.3, 0.4) is 0 Å². The molecule has 1 aromatic carbocycles. The lowest BCUT2D eigenvalue weighted by Crippen LogP contribution is -2.46. The van der Waals surface area contributed by atoms with Crippen molar-refractivity contribution in [2.24, 2.45) is 10.9 Å². The summed E-state index contributed by atoms with van der Waals surface area (Å²) in [7, 11) is 0. The Labute approximate surface area is 152 Å². The van der Waals surface area contributed by atoms with Gasteiger partial charge in [-0.3, -0.25) is 4.99 Å². The summed E-state index contributed by atoms with van der Waals surface area (Å²) in [4.78, 5) is 4.40. The molecule has 1 saturated carbocycles. The van der Waals surface area contributed by atoms with Crippen LogP contribution in [0.25, 0.3) is 0 Å². The molecule has 1 aromatic rings. The van der Waals surface area contributed by atoms with Gasteiger partial charge in [-0.2, -0.15) is 13.2 Å². The highest BCUT2D eigenvalue weighted by atomic mass is 19.4. The Morgan fingerprint density at radius 2 is 1.81 bits per heavy atom. The zero-order valence-corrected chi connectivity index (χ0v) is 15.3. The number of rotatable bonds is 5. The van der Waals surface area contributed by atoms with E-state index in [0.717, 1.165) is 11.1 Å². The van der Waals surface area contributed by atoms with Crippen LogP contribution in [0.1, 0.15) is 49.8 Å². The van der Waals surface area contributed by atoms with Gasteiger partial charge in [0.05, 0.1) is 18.6 Å². The molecular weight excluding hydrogens is 343 g/mol. The van der Waals surface area contributed by atoms with E-state index >= 15 is 0 Å². The van der Waals surface area contributed by atoms with Crippen molar-refractivity contribution >= 4 is 5.96 Å². The number of halogens is 3. The molecule has 1 atom stereocenters. The molecular formula is C19H28F3N3O. The van der Waals surface area contributed by atoms with E-state index in [4.69, 9.17) is 0 Å². The molecule has 0 amide bonds. The maximum atomic E-state index is 12.8. The maximum Gasteiger partial charge on any atom is 0.391 e. The van der Waals surface area contributed by atoms with Gasteiger partial charge in [0.25, 0.3) is 0 Å². The first-order valence-electron chi connectivity index (χ1n) is 9.15. The molecule has 0 saturated heterocycles. The molecule has 146 valence electrons. The monoisotopic (exact) mass is 371 g/mol. The van der Waals surface area contributed by atoms with Gasteiger partial charge in [0.2, 0.25) is 0 Å². The van der Waals surface area contributed by atoms with Crippen LogP contribution >= 0.6 is 0 Å². The standard InChI is InChI=1S/C19H28F3N3O/c1-3-23-18(24-12-17(26)14-6-4-13(2)5-7-14)25-16-10-8-15(9-11-16)19(20,21)22/h4-7,15-17,26H,3,8-12H2,1-2H3,(H2,23,24,25). The smallest absolute Gasteiger partial charge is 0.386 e. The summed E-state index contributed by atoms with van der Waals surface area (Å²) in [5.74, 6) is -0.655. The summed E-state index contributed by atoms with van der Waals surface area (Å²) < 4.78 is 38.3. The Morgan fingerprint density at radius 1 is 1.19 bits per heavy atom. The van der Waals surface area contributed by atoms with Crippen LogP contribution in [0.15, 0.2) is 29.3 Å². The number of aliphatic imine (C=N–C) groups is 1. The van der Waals surface area contributed by atoms with E-state index in [9.17, 15) is 18.3 Å². The summed E-state index contributed by atoms with van der Waals surface area (Å²) in [5.41, 5.74) is 1.91. The second-order valence-corrected chi connectivity index (χ2v) is 6.88. The molecule has 1 aliphatic rings. The Kier molecular flexibility index (Phi) is 7.32. The number of hydrogen-bond donors (Lipinski definition) is 3. The van der Waals surface area contributed by atoms with Crippen LogP contribution in [-0.4, -0.2) is 36.4 Å². The fourth-order valence-corrected chi connectivity index (χ4v) is 3.15. The first-order chi connectivity index (χ1) is 12.3. The first kappa shape index (κ1) is 20.6. The summed E-state index contributed by atoms with van der Waals surface area (Å²) >= 11 is 0. The third-order valence-corrected chi connectivity index (χ3v) is 4.76. The highest BCUT2D eigenvalue weighted by molar-refractivity contribution is 5.80. The lowest BCUT2D eigenvalue weighted by molar-refractivity contribution is -0.182. The second-order valence-electron chi connectivity index (χ2n) is 6.88. The van der Waals surface area contributed by atoms with Crippen LogP contribution < -0.4 is 10.6 Å². The van der Waals surface area contributed by atoms with Gasteiger partial charge in [0, 0.05) is 12.6 Å². The van der Waals surface area contributed by atoms with Gasteiger partial charge in [0.1, 0.15) is 0 Å². The highest BCUT2D eigenvalue weighted by Crippen LogP contribution is 2.37. The van der Waals surface area contributed by atoms with Crippen molar-refractivity contribution in [1.82, 2.24) is 10.6 Å². The summed E-state index contributed by atoms with van der Waals surface area (Å²) in [6.07, 6.45) is -3.59. The number of aryl methyl sites for hydroxylation is 1. The van der Waals surface area contributed by atoms with Gasteiger partial charge in [-0.15, -0.1) is 0 Å². The molecule has 0 spiro atoms.